The van der Waals surface area contributed by atoms with Gasteiger partial charge in [0.15, 0.2) is 0 Å². The largest absolute Gasteiger partial charge is 0.395 e. The number of nitrogens with zero attached hydrogens (tertiary/aromatic N) is 2. The molecule has 1 amide bonds. The normalized spacial score (nSPS) is 15.0. The Hall–Kier alpha value is -1.88. The van der Waals surface area contributed by atoms with Gasteiger partial charge in [-0.25, -0.2) is 0 Å². The molecular formula is C20H25ClN2O2. The Balaban J connectivity index is 0.00000225. The van der Waals surface area contributed by atoms with Crippen LogP contribution in [0.5, 0.6) is 0 Å². The van der Waals surface area contributed by atoms with Gasteiger partial charge in [-0.15, -0.1) is 12.4 Å². The van der Waals surface area contributed by atoms with Crippen molar-refractivity contribution < 1.29 is 9.90 Å². The van der Waals surface area contributed by atoms with E-state index in [4.69, 9.17) is 5.11 Å². The van der Waals surface area contributed by atoms with Gasteiger partial charge in [0, 0.05) is 32.7 Å². The Kier molecular flexibility index (Phi) is 7.44. The summed E-state index contributed by atoms with van der Waals surface area (Å²) in [7, 11) is 0. The molecule has 1 saturated heterocycles. The molecule has 1 N–H and O–H groups in total. The lowest BCUT2D eigenvalue weighted by atomic mass is 9.90. The van der Waals surface area contributed by atoms with E-state index in [1.807, 2.05) is 65.6 Å². The summed E-state index contributed by atoms with van der Waals surface area (Å²) in [6.45, 7) is 3.93. The molecule has 3 rings (SSSR count). The smallest absolute Gasteiger partial charge is 0.234 e. The van der Waals surface area contributed by atoms with Crippen molar-refractivity contribution in [2.24, 2.45) is 0 Å². The van der Waals surface area contributed by atoms with Gasteiger partial charge in [-0.2, -0.15) is 0 Å². The molecule has 4 nitrogen and oxygen atoms in total. The van der Waals surface area contributed by atoms with E-state index in [1.54, 1.807) is 0 Å². The molecule has 0 atom stereocenters. The van der Waals surface area contributed by atoms with Gasteiger partial charge in [0.1, 0.15) is 0 Å². The van der Waals surface area contributed by atoms with Crippen LogP contribution in [0.15, 0.2) is 60.7 Å². The van der Waals surface area contributed by atoms with Gasteiger partial charge < -0.3 is 10.0 Å². The quantitative estimate of drug-likeness (QED) is 0.890. The van der Waals surface area contributed by atoms with Crippen LogP contribution in [0, 0.1) is 0 Å². The lowest BCUT2D eigenvalue weighted by Crippen LogP contribution is -2.50. The monoisotopic (exact) mass is 360 g/mol. The zero-order valence-electron chi connectivity index (χ0n) is 14.3. The summed E-state index contributed by atoms with van der Waals surface area (Å²) in [5.74, 6) is -0.0900. The molecule has 1 aliphatic heterocycles. The second-order valence-electron chi connectivity index (χ2n) is 6.14. The number of piperazine rings is 1. The summed E-state index contributed by atoms with van der Waals surface area (Å²) in [4.78, 5) is 17.4. The van der Waals surface area contributed by atoms with E-state index in [-0.39, 0.29) is 30.8 Å². The van der Waals surface area contributed by atoms with Crippen molar-refractivity contribution in [1.82, 2.24) is 9.80 Å². The average Bonchev–Trinajstić information content (AvgIpc) is 2.64. The van der Waals surface area contributed by atoms with E-state index in [1.165, 1.54) is 0 Å². The fourth-order valence-electron chi connectivity index (χ4n) is 3.28. The van der Waals surface area contributed by atoms with Crippen LogP contribution >= 0.6 is 12.4 Å². The van der Waals surface area contributed by atoms with Crippen molar-refractivity contribution in [3.8, 4) is 0 Å². The lowest BCUT2D eigenvalue weighted by Gasteiger charge is -2.36. The number of carbonyl (C=O) groups excluding carboxylic acids is 1. The number of aliphatic hydroxyl groups excluding tert-OH is 1. The van der Waals surface area contributed by atoms with Gasteiger partial charge in [-0.3, -0.25) is 9.69 Å². The SMILES string of the molecule is Cl.O=C(C(c1ccccc1)c1ccccc1)N1CCN(CCO)CC1. The third-order valence-electron chi connectivity index (χ3n) is 4.61. The van der Waals surface area contributed by atoms with E-state index in [0.29, 0.717) is 6.54 Å². The van der Waals surface area contributed by atoms with Gasteiger partial charge in [-0.05, 0) is 11.1 Å². The topological polar surface area (TPSA) is 43.8 Å². The Morgan fingerprint density at radius 3 is 1.80 bits per heavy atom. The van der Waals surface area contributed by atoms with Crippen molar-refractivity contribution in [3.63, 3.8) is 0 Å². The second-order valence-corrected chi connectivity index (χ2v) is 6.14. The molecule has 0 aliphatic carbocycles. The van der Waals surface area contributed by atoms with E-state index >= 15 is 0 Å². The van der Waals surface area contributed by atoms with Crippen LogP contribution in [0.3, 0.4) is 0 Å². The first-order valence-corrected chi connectivity index (χ1v) is 8.51. The van der Waals surface area contributed by atoms with Crippen molar-refractivity contribution >= 4 is 18.3 Å². The molecule has 0 radical (unpaired) electrons. The van der Waals surface area contributed by atoms with Gasteiger partial charge in [0.25, 0.3) is 0 Å². The number of carbonyl (C=O) groups is 1. The minimum atomic E-state index is -0.253. The molecule has 5 heteroatoms. The molecule has 1 fully saturated rings. The Morgan fingerprint density at radius 2 is 1.36 bits per heavy atom. The number of β-amino-alcohol motifs (C(OH)–C–C–N with tert-alkyl or cyclic N) is 1. The number of halogens is 1. The van der Waals surface area contributed by atoms with Crippen molar-refractivity contribution in [3.05, 3.63) is 71.8 Å². The maximum Gasteiger partial charge on any atom is 0.234 e. The molecule has 2 aromatic carbocycles. The molecule has 1 heterocycles. The first kappa shape index (κ1) is 19.4. The van der Waals surface area contributed by atoms with Crippen LogP contribution < -0.4 is 0 Å². The number of aliphatic hydroxyl groups is 1. The second kappa shape index (κ2) is 9.56. The molecule has 2 aromatic rings. The van der Waals surface area contributed by atoms with Crippen LogP contribution in [-0.4, -0.2) is 60.1 Å². The van der Waals surface area contributed by atoms with Gasteiger partial charge >= 0.3 is 0 Å². The molecule has 25 heavy (non-hydrogen) atoms. The van der Waals surface area contributed by atoms with Gasteiger partial charge in [0.05, 0.1) is 12.5 Å². The highest BCUT2D eigenvalue weighted by atomic mass is 35.5. The number of hydrogen-bond acceptors (Lipinski definition) is 3. The Labute approximate surface area is 155 Å². The van der Waals surface area contributed by atoms with Crippen molar-refractivity contribution in [1.29, 1.82) is 0 Å². The first-order chi connectivity index (χ1) is 11.8. The summed E-state index contributed by atoms with van der Waals surface area (Å²) in [5.41, 5.74) is 2.07. The van der Waals surface area contributed by atoms with Gasteiger partial charge in [-0.1, -0.05) is 60.7 Å². The van der Waals surface area contributed by atoms with E-state index in [0.717, 1.165) is 37.3 Å². The Morgan fingerprint density at radius 1 is 0.880 bits per heavy atom. The highest BCUT2D eigenvalue weighted by Crippen LogP contribution is 2.27. The minimum absolute atomic E-state index is 0. The molecule has 1 aliphatic rings. The standard InChI is InChI=1S/C20H24N2O2.ClH/c23-16-15-21-11-13-22(14-12-21)20(24)19(17-7-3-1-4-8-17)18-9-5-2-6-10-18;/h1-10,19,23H,11-16H2;1H. The number of amides is 1. The molecule has 0 aromatic heterocycles. The summed E-state index contributed by atoms with van der Waals surface area (Å²) < 4.78 is 0. The first-order valence-electron chi connectivity index (χ1n) is 8.51. The predicted molar refractivity (Wildman–Crippen MR) is 102 cm³/mol. The summed E-state index contributed by atoms with van der Waals surface area (Å²) >= 11 is 0. The van der Waals surface area contributed by atoms with E-state index in [9.17, 15) is 4.79 Å². The minimum Gasteiger partial charge on any atom is -0.395 e. The number of rotatable bonds is 5. The van der Waals surface area contributed by atoms with Crippen LogP contribution in [0.25, 0.3) is 0 Å². The Bertz CT molecular complexity index is 604. The van der Waals surface area contributed by atoms with Crippen LogP contribution in [0.4, 0.5) is 0 Å². The molecule has 134 valence electrons. The van der Waals surface area contributed by atoms with E-state index < -0.39 is 0 Å². The van der Waals surface area contributed by atoms with E-state index in [2.05, 4.69) is 4.90 Å². The van der Waals surface area contributed by atoms with Crippen LogP contribution in [0.2, 0.25) is 0 Å². The average molecular weight is 361 g/mol. The van der Waals surface area contributed by atoms with Gasteiger partial charge in [0.2, 0.25) is 5.91 Å². The van der Waals surface area contributed by atoms with Crippen LogP contribution in [0.1, 0.15) is 17.0 Å². The van der Waals surface area contributed by atoms with Crippen LogP contribution in [-0.2, 0) is 4.79 Å². The maximum absolute atomic E-state index is 13.2. The lowest BCUT2D eigenvalue weighted by molar-refractivity contribution is -0.133. The molecule has 0 spiro atoms. The summed E-state index contributed by atoms with van der Waals surface area (Å²) in [6.07, 6.45) is 0. The molecule has 0 unspecified atom stereocenters. The zero-order chi connectivity index (χ0) is 16.8. The third-order valence-corrected chi connectivity index (χ3v) is 4.61. The fourth-order valence-corrected chi connectivity index (χ4v) is 3.28. The van der Waals surface area contributed by atoms with Crippen molar-refractivity contribution in [2.45, 2.75) is 5.92 Å². The number of hydrogen-bond donors (Lipinski definition) is 1. The predicted octanol–water partition coefficient (Wildman–Crippen LogP) is 2.38. The van der Waals surface area contributed by atoms with Crippen molar-refractivity contribution in [2.75, 3.05) is 39.3 Å². The highest BCUT2D eigenvalue weighted by Gasteiger charge is 2.29. The fraction of sp³-hybridized carbons (Fsp3) is 0.350. The number of benzene rings is 2. The molecular weight excluding hydrogens is 336 g/mol. The summed E-state index contributed by atoms with van der Waals surface area (Å²) in [5, 5.41) is 9.06. The highest BCUT2D eigenvalue weighted by molar-refractivity contribution is 5.87. The maximum atomic E-state index is 13.2. The molecule has 0 saturated carbocycles. The summed E-state index contributed by atoms with van der Waals surface area (Å²) in [6, 6.07) is 20.0. The zero-order valence-corrected chi connectivity index (χ0v) is 15.1. The third kappa shape index (κ3) is 4.82. The molecule has 0 bridgehead atoms.